The summed E-state index contributed by atoms with van der Waals surface area (Å²) >= 11 is 6.58. The Morgan fingerprint density at radius 2 is 1.80 bits per heavy atom. The summed E-state index contributed by atoms with van der Waals surface area (Å²) in [6.45, 7) is 3.28. The van der Waals surface area contributed by atoms with Crippen LogP contribution in [0.5, 0.6) is 0 Å². The van der Waals surface area contributed by atoms with E-state index < -0.39 is 10.0 Å². The number of hydrogen-bond donors (Lipinski definition) is 3. The summed E-state index contributed by atoms with van der Waals surface area (Å²) in [5.41, 5.74) is 7.49. The highest BCUT2D eigenvalue weighted by Crippen LogP contribution is 2.35. The number of nitrogens with two attached hydrogens (primary N) is 1. The van der Waals surface area contributed by atoms with E-state index >= 15 is 0 Å². The molecule has 2 rings (SSSR count). The molecule has 6 nitrogen and oxygen atoms in total. The molecule has 1 heterocycles. The smallest absolute Gasteiger partial charge is 0.265 e. The second kappa shape index (κ2) is 5.38. The molecule has 0 aliphatic heterocycles. The van der Waals surface area contributed by atoms with Gasteiger partial charge in [-0.25, -0.2) is 8.42 Å². The van der Waals surface area contributed by atoms with E-state index in [1.807, 2.05) is 0 Å². The predicted molar refractivity (Wildman–Crippen MR) is 85.1 cm³/mol. The molecule has 1 aromatic heterocycles. The summed E-state index contributed by atoms with van der Waals surface area (Å²) in [6, 6.07) is 3.25. The number of aryl methyl sites for hydroxylation is 2. The number of nitrogen functional groups attached to an aromatic ring is 1. The molecule has 108 valence electrons. The lowest BCUT2D eigenvalue weighted by atomic mass is 10.3. The highest BCUT2D eigenvalue weighted by molar-refractivity contribution is 9.11. The van der Waals surface area contributed by atoms with Gasteiger partial charge < -0.3 is 5.73 Å². The van der Waals surface area contributed by atoms with Gasteiger partial charge in [-0.3, -0.25) is 9.82 Å². The predicted octanol–water partition coefficient (Wildman–Crippen LogP) is 2.93. The molecule has 0 unspecified atom stereocenters. The van der Waals surface area contributed by atoms with Crippen LogP contribution in [-0.2, 0) is 10.0 Å². The average Bonchev–Trinajstić information content (AvgIpc) is 2.64. The zero-order valence-electron chi connectivity index (χ0n) is 10.7. The van der Waals surface area contributed by atoms with Crippen LogP contribution in [0.2, 0.25) is 0 Å². The van der Waals surface area contributed by atoms with Gasteiger partial charge in [0.2, 0.25) is 0 Å². The van der Waals surface area contributed by atoms with Gasteiger partial charge >= 0.3 is 0 Å². The molecule has 0 radical (unpaired) electrons. The first kappa shape index (κ1) is 15.3. The van der Waals surface area contributed by atoms with Crippen molar-refractivity contribution >= 4 is 53.3 Å². The third-order valence-corrected chi connectivity index (χ3v) is 5.49. The Labute approximate surface area is 133 Å². The van der Waals surface area contributed by atoms with Gasteiger partial charge in [0.15, 0.2) is 0 Å². The van der Waals surface area contributed by atoms with Gasteiger partial charge in [-0.1, -0.05) is 0 Å². The molecular weight excluding hydrogens is 412 g/mol. The Morgan fingerprint density at radius 3 is 2.25 bits per heavy atom. The molecule has 0 spiro atoms. The molecule has 0 bridgehead atoms. The summed E-state index contributed by atoms with van der Waals surface area (Å²) in [4.78, 5) is 0.146. The quantitative estimate of drug-likeness (QED) is 0.660. The second-order valence-electron chi connectivity index (χ2n) is 4.23. The Morgan fingerprint density at radius 1 is 1.25 bits per heavy atom. The highest BCUT2D eigenvalue weighted by atomic mass is 79.9. The first-order chi connectivity index (χ1) is 9.22. The topological polar surface area (TPSA) is 101 Å². The molecule has 0 saturated carbocycles. The minimum absolute atomic E-state index is 0.146. The van der Waals surface area contributed by atoms with Crippen molar-refractivity contribution in [1.29, 1.82) is 0 Å². The maximum Gasteiger partial charge on any atom is 0.265 e. The zero-order chi connectivity index (χ0) is 15.1. The van der Waals surface area contributed by atoms with E-state index in [4.69, 9.17) is 5.73 Å². The number of aromatic nitrogens is 2. The van der Waals surface area contributed by atoms with Crippen molar-refractivity contribution in [2.45, 2.75) is 18.7 Å². The van der Waals surface area contributed by atoms with Crippen LogP contribution in [0.25, 0.3) is 0 Å². The van der Waals surface area contributed by atoms with Gasteiger partial charge in [0, 0.05) is 14.6 Å². The van der Waals surface area contributed by atoms with Gasteiger partial charge in [0.05, 0.1) is 17.1 Å². The van der Waals surface area contributed by atoms with Crippen molar-refractivity contribution in [3.63, 3.8) is 0 Å². The molecule has 20 heavy (non-hydrogen) atoms. The molecular formula is C11H12Br2N4O2S. The van der Waals surface area contributed by atoms with E-state index in [9.17, 15) is 8.42 Å². The maximum atomic E-state index is 12.4. The van der Waals surface area contributed by atoms with E-state index in [1.54, 1.807) is 26.0 Å². The lowest BCUT2D eigenvalue weighted by Gasteiger charge is -2.12. The first-order valence-corrected chi connectivity index (χ1v) is 8.58. The van der Waals surface area contributed by atoms with Gasteiger partial charge in [0.25, 0.3) is 10.0 Å². The van der Waals surface area contributed by atoms with E-state index in [-0.39, 0.29) is 4.90 Å². The summed E-state index contributed by atoms with van der Waals surface area (Å²) in [7, 11) is -3.73. The molecule has 0 fully saturated rings. The Bertz CT molecular complexity index is 728. The van der Waals surface area contributed by atoms with Crippen LogP contribution in [0.4, 0.5) is 11.4 Å². The van der Waals surface area contributed by atoms with Crippen molar-refractivity contribution < 1.29 is 8.42 Å². The molecule has 0 aliphatic rings. The van der Waals surface area contributed by atoms with E-state index in [2.05, 4.69) is 46.8 Å². The zero-order valence-corrected chi connectivity index (χ0v) is 14.6. The number of sulfonamides is 1. The third kappa shape index (κ3) is 2.84. The van der Waals surface area contributed by atoms with Crippen LogP contribution in [0.3, 0.4) is 0 Å². The number of rotatable bonds is 3. The van der Waals surface area contributed by atoms with Gasteiger partial charge in [-0.05, 0) is 57.8 Å². The fourth-order valence-electron chi connectivity index (χ4n) is 1.81. The van der Waals surface area contributed by atoms with Crippen molar-refractivity contribution in [2.75, 3.05) is 10.5 Å². The van der Waals surface area contributed by atoms with Gasteiger partial charge in [0.1, 0.15) is 4.90 Å². The monoisotopic (exact) mass is 422 g/mol. The maximum absolute atomic E-state index is 12.4. The molecule has 4 N–H and O–H groups in total. The number of aromatic amines is 1. The second-order valence-corrected chi connectivity index (χ2v) is 7.56. The SMILES string of the molecule is Cc1n[nH]c(C)c1S(=O)(=O)Nc1c(Br)cc(N)cc1Br. The van der Waals surface area contributed by atoms with Crippen LogP contribution in [0.1, 0.15) is 11.4 Å². The average molecular weight is 424 g/mol. The van der Waals surface area contributed by atoms with E-state index in [1.165, 1.54) is 0 Å². The number of hydrogen-bond acceptors (Lipinski definition) is 4. The van der Waals surface area contributed by atoms with Crippen LogP contribution in [0.15, 0.2) is 26.0 Å². The number of nitrogens with zero attached hydrogens (tertiary/aromatic N) is 1. The van der Waals surface area contributed by atoms with Crippen molar-refractivity contribution in [1.82, 2.24) is 10.2 Å². The summed E-state index contributed by atoms with van der Waals surface area (Å²) < 4.78 is 28.5. The van der Waals surface area contributed by atoms with E-state index in [0.29, 0.717) is 31.7 Å². The van der Waals surface area contributed by atoms with Crippen LogP contribution >= 0.6 is 31.9 Å². The standard InChI is InChI=1S/C11H12Br2N4O2S/c1-5-11(6(2)16-15-5)20(18,19)17-10-8(12)3-7(14)4-9(10)13/h3-4,17H,14H2,1-2H3,(H,15,16). The number of anilines is 2. The Hall–Kier alpha value is -1.06. The lowest BCUT2D eigenvalue weighted by molar-refractivity contribution is 0.600. The Kier molecular flexibility index (Phi) is 4.12. The molecule has 0 aliphatic carbocycles. The summed E-state index contributed by atoms with van der Waals surface area (Å²) in [5.74, 6) is 0. The lowest BCUT2D eigenvalue weighted by Crippen LogP contribution is -2.15. The minimum atomic E-state index is -3.73. The van der Waals surface area contributed by atoms with Crippen LogP contribution in [0, 0.1) is 13.8 Å². The molecule has 1 aromatic carbocycles. The summed E-state index contributed by atoms with van der Waals surface area (Å²) in [6.07, 6.45) is 0. The van der Waals surface area contributed by atoms with E-state index in [0.717, 1.165) is 0 Å². The van der Waals surface area contributed by atoms with Gasteiger partial charge in [-0.15, -0.1) is 0 Å². The molecule has 0 amide bonds. The summed E-state index contributed by atoms with van der Waals surface area (Å²) in [5, 5.41) is 6.55. The third-order valence-electron chi connectivity index (χ3n) is 2.63. The van der Waals surface area contributed by atoms with Crippen molar-refractivity contribution in [3.05, 3.63) is 32.5 Å². The molecule has 0 atom stereocenters. The minimum Gasteiger partial charge on any atom is -0.399 e. The van der Waals surface area contributed by atoms with Gasteiger partial charge in [-0.2, -0.15) is 5.10 Å². The molecule has 2 aromatic rings. The largest absolute Gasteiger partial charge is 0.399 e. The number of halogens is 2. The molecule has 9 heteroatoms. The number of nitrogens with one attached hydrogen (secondary N) is 2. The van der Waals surface area contributed by atoms with Crippen molar-refractivity contribution in [2.24, 2.45) is 0 Å². The van der Waals surface area contributed by atoms with Crippen LogP contribution in [-0.4, -0.2) is 18.6 Å². The fourth-order valence-corrected chi connectivity index (χ4v) is 4.97. The number of benzene rings is 1. The normalized spacial score (nSPS) is 11.6. The molecule has 0 saturated heterocycles. The van der Waals surface area contributed by atoms with Crippen molar-refractivity contribution in [3.8, 4) is 0 Å². The highest BCUT2D eigenvalue weighted by Gasteiger charge is 2.24. The fraction of sp³-hybridized carbons (Fsp3) is 0.182. The van der Waals surface area contributed by atoms with Crippen LogP contribution < -0.4 is 10.5 Å². The first-order valence-electron chi connectivity index (χ1n) is 5.51. The Balaban J connectivity index is 2.50. The number of H-pyrrole nitrogens is 1.